The Balaban J connectivity index is 2.17. The number of rotatable bonds is 2. The molecule has 3 nitrogen and oxygen atoms in total. The van der Waals surface area contributed by atoms with E-state index in [-0.39, 0.29) is 0 Å². The first-order chi connectivity index (χ1) is 8.59. The summed E-state index contributed by atoms with van der Waals surface area (Å²) in [6, 6.07) is 6.01. The molecule has 1 aromatic carbocycles. The van der Waals surface area contributed by atoms with Gasteiger partial charge in [-0.3, -0.25) is 0 Å². The maximum atomic E-state index is 6.22. The van der Waals surface area contributed by atoms with Gasteiger partial charge in [0.2, 0.25) is 0 Å². The van der Waals surface area contributed by atoms with Gasteiger partial charge in [0.15, 0.2) is 0 Å². The monoisotopic (exact) mass is 281 g/mol. The number of benzene rings is 1. The van der Waals surface area contributed by atoms with Crippen LogP contribution in [0.2, 0.25) is 10.0 Å². The number of nitrogens with two attached hydrogens (primary N) is 1. The van der Waals surface area contributed by atoms with Crippen LogP contribution in [-0.4, -0.2) is 9.55 Å². The first-order valence-electron chi connectivity index (χ1n) is 5.88. The highest BCUT2D eigenvalue weighted by Gasteiger charge is 2.29. The summed E-state index contributed by atoms with van der Waals surface area (Å²) in [5, 5.41) is 1.03. The molecule has 0 unspecified atom stereocenters. The third-order valence-corrected chi connectivity index (χ3v) is 4.06. The minimum atomic E-state index is 0.504. The second kappa shape index (κ2) is 4.18. The van der Waals surface area contributed by atoms with Crippen LogP contribution >= 0.6 is 23.2 Å². The summed E-state index contributed by atoms with van der Waals surface area (Å²) in [4.78, 5) is 4.54. The summed E-state index contributed by atoms with van der Waals surface area (Å²) < 4.78 is 2.09. The maximum absolute atomic E-state index is 6.22. The van der Waals surface area contributed by atoms with E-state index in [0.717, 1.165) is 17.1 Å². The van der Waals surface area contributed by atoms with E-state index in [1.54, 1.807) is 6.07 Å². The van der Waals surface area contributed by atoms with Crippen LogP contribution in [0.4, 0.5) is 5.82 Å². The van der Waals surface area contributed by atoms with Crippen LogP contribution < -0.4 is 5.73 Å². The second-order valence-electron chi connectivity index (χ2n) is 4.60. The zero-order valence-electron chi connectivity index (χ0n) is 9.95. The van der Waals surface area contributed by atoms with E-state index in [4.69, 9.17) is 28.9 Å². The molecule has 0 saturated heterocycles. The Morgan fingerprint density at radius 2 is 2.06 bits per heavy atom. The van der Waals surface area contributed by atoms with Gasteiger partial charge < -0.3 is 10.3 Å². The molecule has 0 atom stereocenters. The van der Waals surface area contributed by atoms with Crippen molar-refractivity contribution in [1.82, 2.24) is 9.55 Å². The fraction of sp³-hybridized carbons (Fsp3) is 0.308. The van der Waals surface area contributed by atoms with E-state index < -0.39 is 0 Å². The van der Waals surface area contributed by atoms with E-state index in [1.807, 2.05) is 19.1 Å². The quantitative estimate of drug-likeness (QED) is 0.901. The molecule has 5 heteroatoms. The van der Waals surface area contributed by atoms with Crippen LogP contribution in [-0.2, 0) is 0 Å². The predicted molar refractivity (Wildman–Crippen MR) is 75.1 cm³/mol. The summed E-state index contributed by atoms with van der Waals surface area (Å²) in [5.74, 6) is 1.61. The lowest BCUT2D eigenvalue weighted by Crippen LogP contribution is -2.02. The molecule has 1 aliphatic rings. The Bertz CT molecular complexity index is 615. The van der Waals surface area contributed by atoms with Crippen LogP contribution in [0.3, 0.4) is 0 Å². The van der Waals surface area contributed by atoms with Crippen molar-refractivity contribution in [3.63, 3.8) is 0 Å². The smallest absolute Gasteiger partial charge is 0.132 e. The third kappa shape index (κ3) is 1.78. The van der Waals surface area contributed by atoms with Gasteiger partial charge >= 0.3 is 0 Å². The van der Waals surface area contributed by atoms with Gasteiger partial charge in [0.25, 0.3) is 0 Å². The Hall–Kier alpha value is -1.19. The van der Waals surface area contributed by atoms with E-state index in [9.17, 15) is 0 Å². The van der Waals surface area contributed by atoms with Gasteiger partial charge in [-0.2, -0.15) is 0 Å². The van der Waals surface area contributed by atoms with Crippen LogP contribution in [0.5, 0.6) is 0 Å². The summed E-state index contributed by atoms with van der Waals surface area (Å²) in [7, 11) is 0. The molecule has 0 amide bonds. The van der Waals surface area contributed by atoms with Crippen LogP contribution in [0, 0.1) is 6.92 Å². The summed E-state index contributed by atoms with van der Waals surface area (Å²) in [6.07, 6.45) is 2.34. The molecule has 0 spiro atoms. The lowest BCUT2D eigenvalue weighted by Gasteiger charge is -2.06. The molecule has 0 bridgehead atoms. The highest BCUT2D eigenvalue weighted by Crippen LogP contribution is 2.42. The molecule has 1 fully saturated rings. The van der Waals surface area contributed by atoms with Gasteiger partial charge in [-0.1, -0.05) is 35.3 Å². The number of hydrogen-bond acceptors (Lipinski definition) is 2. The van der Waals surface area contributed by atoms with E-state index in [2.05, 4.69) is 9.55 Å². The van der Waals surface area contributed by atoms with E-state index in [0.29, 0.717) is 21.9 Å². The largest absolute Gasteiger partial charge is 0.383 e. The Morgan fingerprint density at radius 1 is 1.33 bits per heavy atom. The number of aromatic nitrogens is 2. The average molecular weight is 282 g/mol. The van der Waals surface area contributed by atoms with Gasteiger partial charge in [0, 0.05) is 11.6 Å². The number of aryl methyl sites for hydroxylation is 1. The van der Waals surface area contributed by atoms with Crippen LogP contribution in [0.15, 0.2) is 18.2 Å². The molecule has 2 N–H and O–H groups in total. The normalized spacial score (nSPS) is 15.1. The molecule has 94 valence electrons. The standard InChI is InChI=1S/C13H13Cl2N3/c1-7-17-12(13(16)18(7)8-5-6-8)9-3-2-4-10(14)11(9)15/h2-4,8H,5-6,16H2,1H3. The molecule has 1 saturated carbocycles. The fourth-order valence-electron chi connectivity index (χ4n) is 2.24. The third-order valence-electron chi connectivity index (χ3n) is 3.24. The van der Waals surface area contributed by atoms with Crippen molar-refractivity contribution in [3.05, 3.63) is 34.1 Å². The number of nitrogen functional groups attached to an aromatic ring is 1. The van der Waals surface area contributed by atoms with Crippen molar-refractivity contribution in [1.29, 1.82) is 0 Å². The molecule has 2 aromatic rings. The first-order valence-corrected chi connectivity index (χ1v) is 6.64. The van der Waals surface area contributed by atoms with Gasteiger partial charge in [0.1, 0.15) is 17.3 Å². The minimum Gasteiger partial charge on any atom is -0.383 e. The molecule has 3 rings (SSSR count). The summed E-state index contributed by atoms with van der Waals surface area (Å²) >= 11 is 12.2. The average Bonchev–Trinajstić information content (AvgIpc) is 3.10. The van der Waals surface area contributed by atoms with Crippen molar-refractivity contribution in [2.24, 2.45) is 0 Å². The lowest BCUT2D eigenvalue weighted by molar-refractivity contribution is 0.720. The van der Waals surface area contributed by atoms with Crippen molar-refractivity contribution in [3.8, 4) is 11.3 Å². The summed E-state index contributed by atoms with van der Waals surface area (Å²) in [6.45, 7) is 1.97. The van der Waals surface area contributed by atoms with Crippen molar-refractivity contribution in [2.75, 3.05) is 5.73 Å². The molecule has 1 heterocycles. The van der Waals surface area contributed by atoms with Crippen molar-refractivity contribution in [2.45, 2.75) is 25.8 Å². The van der Waals surface area contributed by atoms with E-state index >= 15 is 0 Å². The first kappa shape index (κ1) is 11.9. The molecule has 1 aliphatic carbocycles. The Kier molecular flexibility index (Phi) is 2.76. The van der Waals surface area contributed by atoms with Crippen molar-refractivity contribution < 1.29 is 0 Å². The topological polar surface area (TPSA) is 43.8 Å². The minimum absolute atomic E-state index is 0.504. The number of imidazole rings is 1. The number of hydrogen-bond donors (Lipinski definition) is 1. The van der Waals surface area contributed by atoms with Crippen LogP contribution in [0.1, 0.15) is 24.7 Å². The van der Waals surface area contributed by atoms with Crippen LogP contribution in [0.25, 0.3) is 11.3 Å². The second-order valence-corrected chi connectivity index (χ2v) is 5.38. The van der Waals surface area contributed by atoms with Gasteiger partial charge in [0.05, 0.1) is 10.0 Å². The molecule has 0 radical (unpaired) electrons. The van der Waals surface area contributed by atoms with Gasteiger partial charge in [-0.15, -0.1) is 0 Å². The lowest BCUT2D eigenvalue weighted by atomic mass is 10.1. The number of anilines is 1. The van der Waals surface area contributed by atoms with Gasteiger partial charge in [-0.25, -0.2) is 4.98 Å². The Labute approximate surface area is 116 Å². The predicted octanol–water partition coefficient (Wildman–Crippen LogP) is 4.08. The highest BCUT2D eigenvalue weighted by atomic mass is 35.5. The van der Waals surface area contributed by atoms with Gasteiger partial charge in [-0.05, 0) is 25.8 Å². The van der Waals surface area contributed by atoms with Crippen molar-refractivity contribution >= 4 is 29.0 Å². The molecular formula is C13H13Cl2N3. The molecule has 0 aliphatic heterocycles. The SMILES string of the molecule is Cc1nc(-c2cccc(Cl)c2Cl)c(N)n1C1CC1. The number of nitrogens with zero attached hydrogens (tertiary/aromatic N) is 2. The maximum Gasteiger partial charge on any atom is 0.132 e. The highest BCUT2D eigenvalue weighted by molar-refractivity contribution is 6.43. The zero-order chi connectivity index (χ0) is 12.9. The molecule has 18 heavy (non-hydrogen) atoms. The molecular weight excluding hydrogens is 269 g/mol. The summed E-state index contributed by atoms with van der Waals surface area (Å²) in [5.41, 5.74) is 7.72. The van der Waals surface area contributed by atoms with E-state index in [1.165, 1.54) is 12.8 Å². The molecule has 1 aromatic heterocycles. The Morgan fingerprint density at radius 3 is 2.72 bits per heavy atom. The fourth-order valence-corrected chi connectivity index (χ4v) is 2.63. The zero-order valence-corrected chi connectivity index (χ0v) is 11.5. The number of halogens is 2.